The first-order valence-corrected chi connectivity index (χ1v) is 8.16. The minimum absolute atomic E-state index is 0.108. The summed E-state index contributed by atoms with van der Waals surface area (Å²) >= 11 is 5.87. The van der Waals surface area contributed by atoms with Gasteiger partial charge < -0.3 is 4.74 Å². The zero-order chi connectivity index (χ0) is 13.8. The molecule has 4 atom stereocenters. The molecule has 0 aromatic carbocycles. The van der Waals surface area contributed by atoms with Gasteiger partial charge in [-0.3, -0.25) is 0 Å². The van der Waals surface area contributed by atoms with Crippen LogP contribution in [0.4, 0.5) is 8.78 Å². The second-order valence-electron chi connectivity index (χ2n) is 6.06. The molecule has 2 aliphatic rings. The predicted octanol–water partition coefficient (Wildman–Crippen LogP) is 4.52. The van der Waals surface area contributed by atoms with Crippen molar-refractivity contribution in [2.24, 2.45) is 17.8 Å². The Hall–Kier alpha value is 0.110. The average molecular weight is 295 g/mol. The molecule has 0 bridgehead atoms. The lowest BCUT2D eigenvalue weighted by Gasteiger charge is -2.41. The molecule has 2 saturated carbocycles. The Morgan fingerprint density at radius 2 is 1.68 bits per heavy atom. The molecule has 0 aromatic rings. The van der Waals surface area contributed by atoms with Gasteiger partial charge in [0.15, 0.2) is 6.17 Å². The highest BCUT2D eigenvalue weighted by Gasteiger charge is 2.44. The normalized spacial score (nSPS) is 44.2. The summed E-state index contributed by atoms with van der Waals surface area (Å²) in [4.78, 5) is 0. The Morgan fingerprint density at radius 1 is 1.00 bits per heavy atom. The first kappa shape index (κ1) is 15.5. The van der Waals surface area contributed by atoms with Crippen LogP contribution in [-0.4, -0.2) is 30.9 Å². The van der Waals surface area contributed by atoms with Gasteiger partial charge in [0.05, 0.1) is 6.10 Å². The summed E-state index contributed by atoms with van der Waals surface area (Å²) in [6, 6.07) is 0. The number of ether oxygens (including phenoxy) is 1. The van der Waals surface area contributed by atoms with Crippen molar-refractivity contribution in [1.82, 2.24) is 0 Å². The molecule has 0 heterocycles. The Bertz CT molecular complexity index is 267. The van der Waals surface area contributed by atoms with Gasteiger partial charge in [-0.1, -0.05) is 0 Å². The van der Waals surface area contributed by atoms with Crippen molar-refractivity contribution in [3.05, 3.63) is 0 Å². The fourth-order valence-electron chi connectivity index (χ4n) is 3.77. The Balaban J connectivity index is 1.88. The highest BCUT2D eigenvalue weighted by atomic mass is 35.5. The van der Waals surface area contributed by atoms with E-state index in [9.17, 15) is 8.78 Å². The van der Waals surface area contributed by atoms with E-state index in [1.807, 2.05) is 6.92 Å². The molecule has 0 saturated heterocycles. The molecule has 1 nitrogen and oxygen atoms in total. The van der Waals surface area contributed by atoms with Crippen LogP contribution in [-0.2, 0) is 4.74 Å². The van der Waals surface area contributed by atoms with Gasteiger partial charge >= 0.3 is 0 Å². The zero-order valence-electron chi connectivity index (χ0n) is 11.7. The van der Waals surface area contributed by atoms with E-state index < -0.39 is 18.4 Å². The van der Waals surface area contributed by atoms with Crippen LogP contribution in [0.15, 0.2) is 0 Å². The van der Waals surface area contributed by atoms with Crippen molar-refractivity contribution in [2.45, 2.75) is 63.9 Å². The maximum Gasteiger partial charge on any atom is 0.157 e. The van der Waals surface area contributed by atoms with Gasteiger partial charge in [-0.15, -0.1) is 11.6 Å². The van der Waals surface area contributed by atoms with Crippen molar-refractivity contribution < 1.29 is 13.5 Å². The quantitative estimate of drug-likeness (QED) is 0.693. The molecule has 4 unspecified atom stereocenters. The van der Waals surface area contributed by atoms with Crippen LogP contribution in [0.5, 0.6) is 0 Å². The van der Waals surface area contributed by atoms with E-state index in [2.05, 4.69) is 0 Å². The molecular formula is C15H25ClF2O. The van der Waals surface area contributed by atoms with Crippen LogP contribution in [0.1, 0.15) is 45.4 Å². The van der Waals surface area contributed by atoms with Crippen molar-refractivity contribution in [1.29, 1.82) is 0 Å². The van der Waals surface area contributed by atoms with E-state index in [1.54, 1.807) is 0 Å². The lowest BCUT2D eigenvalue weighted by atomic mass is 9.69. The van der Waals surface area contributed by atoms with E-state index in [0.29, 0.717) is 30.7 Å². The first-order chi connectivity index (χ1) is 9.17. The summed E-state index contributed by atoms with van der Waals surface area (Å²) in [6.07, 6.45) is 2.27. The van der Waals surface area contributed by atoms with Gasteiger partial charge in [-0.25, -0.2) is 8.78 Å². The minimum Gasteiger partial charge on any atom is -0.375 e. The maximum absolute atomic E-state index is 14.3. The summed E-state index contributed by atoms with van der Waals surface area (Å²) < 4.78 is 33.7. The Morgan fingerprint density at radius 3 is 2.26 bits per heavy atom. The van der Waals surface area contributed by atoms with Gasteiger partial charge in [-0.2, -0.15) is 0 Å². The summed E-state index contributed by atoms with van der Waals surface area (Å²) in [5.41, 5.74) is 0. The summed E-state index contributed by atoms with van der Waals surface area (Å²) in [7, 11) is 0. The van der Waals surface area contributed by atoms with E-state index in [-0.39, 0.29) is 5.92 Å². The number of alkyl halides is 3. The molecule has 0 aromatic heterocycles. The molecule has 0 amide bonds. The third kappa shape index (κ3) is 3.60. The van der Waals surface area contributed by atoms with Crippen LogP contribution >= 0.6 is 11.6 Å². The minimum atomic E-state index is -1.44. The third-order valence-corrected chi connectivity index (χ3v) is 5.39. The molecular weight excluding hydrogens is 270 g/mol. The second kappa shape index (κ2) is 7.21. The molecule has 0 spiro atoms. The molecule has 0 radical (unpaired) electrons. The lowest BCUT2D eigenvalue weighted by molar-refractivity contribution is -0.0842. The van der Waals surface area contributed by atoms with Gasteiger partial charge in [0.25, 0.3) is 0 Å². The van der Waals surface area contributed by atoms with E-state index in [1.165, 1.54) is 0 Å². The monoisotopic (exact) mass is 294 g/mol. The highest BCUT2D eigenvalue weighted by Crippen LogP contribution is 2.42. The fourth-order valence-corrected chi connectivity index (χ4v) is 4.08. The Kier molecular flexibility index (Phi) is 5.88. The van der Waals surface area contributed by atoms with Crippen molar-refractivity contribution in [2.75, 3.05) is 12.5 Å². The average Bonchev–Trinajstić information content (AvgIpc) is 2.45. The fraction of sp³-hybridized carbons (Fsp3) is 1.00. The largest absolute Gasteiger partial charge is 0.375 e. The number of hydrogen-bond donors (Lipinski definition) is 0. The van der Waals surface area contributed by atoms with E-state index >= 15 is 0 Å². The van der Waals surface area contributed by atoms with E-state index in [0.717, 1.165) is 32.1 Å². The molecule has 112 valence electrons. The number of halogens is 3. The molecule has 0 aliphatic heterocycles. The molecule has 2 rings (SSSR count). The topological polar surface area (TPSA) is 9.23 Å². The summed E-state index contributed by atoms with van der Waals surface area (Å²) in [6.45, 7) is 2.29. The third-order valence-electron chi connectivity index (χ3n) is 4.95. The van der Waals surface area contributed by atoms with Crippen molar-refractivity contribution >= 4 is 11.6 Å². The predicted molar refractivity (Wildman–Crippen MR) is 74.1 cm³/mol. The first-order valence-electron chi connectivity index (χ1n) is 7.63. The summed E-state index contributed by atoms with van der Waals surface area (Å²) in [5.74, 6) is 1.52. The van der Waals surface area contributed by atoms with Gasteiger partial charge in [0, 0.05) is 12.5 Å². The SMILES string of the molecule is CCOC1CCC(C2CCC(CCl)CC2)C(F)C1F. The summed E-state index contributed by atoms with van der Waals surface area (Å²) in [5, 5.41) is 0. The number of hydrogen-bond acceptors (Lipinski definition) is 1. The molecule has 19 heavy (non-hydrogen) atoms. The van der Waals surface area contributed by atoms with Gasteiger partial charge in [0.1, 0.15) is 6.17 Å². The Labute approximate surface area is 120 Å². The zero-order valence-corrected chi connectivity index (χ0v) is 12.4. The van der Waals surface area contributed by atoms with Crippen molar-refractivity contribution in [3.63, 3.8) is 0 Å². The van der Waals surface area contributed by atoms with Crippen LogP contribution in [0, 0.1) is 17.8 Å². The van der Waals surface area contributed by atoms with Gasteiger partial charge in [0.2, 0.25) is 0 Å². The van der Waals surface area contributed by atoms with Crippen LogP contribution in [0.2, 0.25) is 0 Å². The van der Waals surface area contributed by atoms with Crippen molar-refractivity contribution in [3.8, 4) is 0 Å². The standard InChI is InChI=1S/C15H25ClF2O/c1-2-19-13-8-7-12(14(17)15(13)18)11-5-3-10(9-16)4-6-11/h10-15H,2-9H2,1H3. The molecule has 2 aliphatic carbocycles. The maximum atomic E-state index is 14.3. The lowest BCUT2D eigenvalue weighted by Crippen LogP contribution is -2.45. The van der Waals surface area contributed by atoms with E-state index in [4.69, 9.17) is 16.3 Å². The number of rotatable bonds is 4. The highest BCUT2D eigenvalue weighted by molar-refractivity contribution is 6.18. The molecule has 4 heteroatoms. The van der Waals surface area contributed by atoms with Gasteiger partial charge in [-0.05, 0) is 63.2 Å². The molecule has 0 N–H and O–H groups in total. The smallest absolute Gasteiger partial charge is 0.157 e. The van der Waals surface area contributed by atoms with Crippen LogP contribution in [0.3, 0.4) is 0 Å². The van der Waals surface area contributed by atoms with Crippen LogP contribution in [0.25, 0.3) is 0 Å². The molecule has 2 fully saturated rings. The van der Waals surface area contributed by atoms with Crippen LogP contribution < -0.4 is 0 Å². The second-order valence-corrected chi connectivity index (χ2v) is 6.37.